The molecule has 1 amide bonds. The second kappa shape index (κ2) is 9.51. The van der Waals surface area contributed by atoms with Crippen molar-refractivity contribution in [1.82, 2.24) is 4.90 Å². The molecule has 0 unspecified atom stereocenters. The van der Waals surface area contributed by atoms with Crippen molar-refractivity contribution < 1.29 is 24.2 Å². The zero-order chi connectivity index (χ0) is 21.8. The minimum Gasteiger partial charge on any atom is -0.493 e. The molecular formula is C21H18ClNO5S2. The highest BCUT2D eigenvalue weighted by Crippen LogP contribution is 2.39. The summed E-state index contributed by atoms with van der Waals surface area (Å²) >= 11 is 12.9. The maximum Gasteiger partial charge on any atom is 0.335 e. The highest BCUT2D eigenvalue weighted by molar-refractivity contribution is 8.26. The molecule has 1 saturated heterocycles. The lowest BCUT2D eigenvalue weighted by atomic mass is 10.1. The molecule has 2 aromatic carbocycles. The first-order valence-corrected chi connectivity index (χ1v) is 10.5. The first-order chi connectivity index (χ1) is 14.3. The molecule has 0 bridgehead atoms. The van der Waals surface area contributed by atoms with Crippen LogP contribution in [0.5, 0.6) is 11.5 Å². The van der Waals surface area contributed by atoms with E-state index < -0.39 is 5.97 Å². The Morgan fingerprint density at radius 2 is 2.00 bits per heavy atom. The Morgan fingerprint density at radius 3 is 2.57 bits per heavy atom. The topological polar surface area (TPSA) is 76.1 Å². The number of benzene rings is 2. The number of nitrogens with zero attached hydrogens (tertiary/aromatic N) is 1. The number of hydrogen-bond acceptors (Lipinski definition) is 6. The van der Waals surface area contributed by atoms with Crippen molar-refractivity contribution in [2.75, 3.05) is 13.7 Å². The van der Waals surface area contributed by atoms with Gasteiger partial charge in [0, 0.05) is 6.54 Å². The van der Waals surface area contributed by atoms with Gasteiger partial charge in [0.15, 0.2) is 11.5 Å². The fraction of sp³-hybridized carbons (Fsp3) is 0.190. The zero-order valence-corrected chi connectivity index (χ0v) is 18.6. The van der Waals surface area contributed by atoms with Crippen molar-refractivity contribution in [3.8, 4) is 11.5 Å². The van der Waals surface area contributed by atoms with E-state index in [2.05, 4.69) is 0 Å². The van der Waals surface area contributed by atoms with E-state index in [-0.39, 0.29) is 18.1 Å². The van der Waals surface area contributed by atoms with Gasteiger partial charge in [-0.25, -0.2) is 4.79 Å². The van der Waals surface area contributed by atoms with Crippen molar-refractivity contribution in [1.29, 1.82) is 0 Å². The summed E-state index contributed by atoms with van der Waals surface area (Å²) in [7, 11) is 1.50. The summed E-state index contributed by atoms with van der Waals surface area (Å²) in [6, 6.07) is 9.78. The Hall–Kier alpha value is -2.55. The predicted octanol–water partition coefficient (Wildman–Crippen LogP) is 4.85. The molecule has 1 fully saturated rings. The normalized spacial score (nSPS) is 15.0. The van der Waals surface area contributed by atoms with Gasteiger partial charge in [0.05, 0.1) is 22.6 Å². The number of methoxy groups -OCH3 is 1. The Bertz CT molecular complexity index is 1040. The van der Waals surface area contributed by atoms with Crippen LogP contribution in [0.25, 0.3) is 6.08 Å². The Kier molecular flexibility index (Phi) is 7.02. The number of likely N-dealkylation sites (N-methyl/N-ethyl adjacent to an activating group) is 1. The first-order valence-electron chi connectivity index (χ1n) is 8.92. The Labute approximate surface area is 188 Å². The van der Waals surface area contributed by atoms with Gasteiger partial charge in [0.1, 0.15) is 10.9 Å². The molecule has 0 atom stereocenters. The van der Waals surface area contributed by atoms with Crippen molar-refractivity contribution in [2.45, 2.75) is 13.5 Å². The molecule has 0 aliphatic carbocycles. The number of carboxylic acid groups (broad SMARTS) is 1. The van der Waals surface area contributed by atoms with E-state index in [1.165, 1.54) is 35.9 Å². The van der Waals surface area contributed by atoms with E-state index in [0.29, 0.717) is 37.9 Å². The van der Waals surface area contributed by atoms with Crippen molar-refractivity contribution in [3.05, 3.63) is 63.0 Å². The standard InChI is InChI=1S/C21H18ClNO5S2/c1-3-23-19(24)17(30-21(23)29)10-13-8-15(22)18(16(9-13)27-2)28-11-12-4-6-14(7-5-12)20(25)26/h4-10H,3,11H2,1-2H3,(H,25,26). The first kappa shape index (κ1) is 22.1. The highest BCUT2D eigenvalue weighted by atomic mass is 35.5. The number of carbonyl (C=O) groups is 2. The second-order valence-electron chi connectivity index (χ2n) is 6.25. The van der Waals surface area contributed by atoms with Gasteiger partial charge in [0.2, 0.25) is 0 Å². The number of halogens is 1. The fourth-order valence-corrected chi connectivity index (χ4v) is 4.44. The lowest BCUT2D eigenvalue weighted by Crippen LogP contribution is -2.27. The molecule has 1 aliphatic rings. The van der Waals surface area contributed by atoms with E-state index in [9.17, 15) is 9.59 Å². The largest absolute Gasteiger partial charge is 0.493 e. The van der Waals surface area contributed by atoms with E-state index in [1.807, 2.05) is 6.92 Å². The third kappa shape index (κ3) is 4.77. The van der Waals surface area contributed by atoms with Gasteiger partial charge in [-0.3, -0.25) is 9.69 Å². The molecule has 3 rings (SSSR count). The Balaban J connectivity index is 1.81. The van der Waals surface area contributed by atoms with Crippen LogP contribution in [0.3, 0.4) is 0 Å². The molecule has 1 heterocycles. The summed E-state index contributed by atoms with van der Waals surface area (Å²) in [5.41, 5.74) is 1.67. The number of ether oxygens (including phenoxy) is 2. The van der Waals surface area contributed by atoms with E-state index >= 15 is 0 Å². The van der Waals surface area contributed by atoms with Gasteiger partial charge in [-0.05, 0) is 48.4 Å². The fourth-order valence-electron chi connectivity index (χ4n) is 2.79. The predicted molar refractivity (Wildman–Crippen MR) is 121 cm³/mol. The van der Waals surface area contributed by atoms with Crippen molar-refractivity contribution >= 4 is 57.9 Å². The minimum absolute atomic E-state index is 0.132. The monoisotopic (exact) mass is 463 g/mol. The van der Waals surface area contributed by atoms with Crippen LogP contribution in [-0.4, -0.2) is 39.9 Å². The van der Waals surface area contributed by atoms with Gasteiger partial charge in [0.25, 0.3) is 5.91 Å². The van der Waals surface area contributed by atoms with Gasteiger partial charge < -0.3 is 14.6 Å². The number of carboxylic acids is 1. The molecule has 0 aromatic heterocycles. The number of amides is 1. The van der Waals surface area contributed by atoms with Crippen LogP contribution in [0.2, 0.25) is 5.02 Å². The van der Waals surface area contributed by atoms with Gasteiger partial charge in [-0.15, -0.1) is 0 Å². The van der Waals surface area contributed by atoms with Gasteiger partial charge in [-0.1, -0.05) is 47.7 Å². The average molecular weight is 464 g/mol. The van der Waals surface area contributed by atoms with E-state index in [0.717, 1.165) is 5.56 Å². The van der Waals surface area contributed by atoms with Crippen LogP contribution in [0.15, 0.2) is 41.3 Å². The number of rotatable bonds is 7. The maximum absolute atomic E-state index is 12.4. The maximum atomic E-state index is 12.4. The molecular weight excluding hydrogens is 446 g/mol. The summed E-state index contributed by atoms with van der Waals surface area (Å²) in [4.78, 5) is 25.4. The summed E-state index contributed by atoms with van der Waals surface area (Å²) in [6.45, 7) is 2.58. The van der Waals surface area contributed by atoms with Gasteiger partial charge >= 0.3 is 5.97 Å². The van der Waals surface area contributed by atoms with Crippen LogP contribution in [-0.2, 0) is 11.4 Å². The number of thiocarbonyl (C=S) groups is 1. The molecule has 0 spiro atoms. The lowest BCUT2D eigenvalue weighted by Gasteiger charge is -2.14. The third-order valence-electron chi connectivity index (χ3n) is 4.32. The highest BCUT2D eigenvalue weighted by Gasteiger charge is 2.30. The van der Waals surface area contributed by atoms with Crippen molar-refractivity contribution in [2.24, 2.45) is 0 Å². The third-order valence-corrected chi connectivity index (χ3v) is 5.98. The summed E-state index contributed by atoms with van der Waals surface area (Å²) in [6.07, 6.45) is 1.72. The quantitative estimate of drug-likeness (QED) is 0.464. The average Bonchev–Trinajstić information content (AvgIpc) is 2.99. The number of aromatic carboxylic acids is 1. The molecule has 30 heavy (non-hydrogen) atoms. The summed E-state index contributed by atoms with van der Waals surface area (Å²) < 4.78 is 11.8. The van der Waals surface area contributed by atoms with E-state index in [4.69, 9.17) is 38.4 Å². The number of thioether (sulfide) groups is 1. The van der Waals surface area contributed by atoms with Crippen LogP contribution >= 0.6 is 35.6 Å². The van der Waals surface area contributed by atoms with E-state index in [1.54, 1.807) is 30.3 Å². The van der Waals surface area contributed by atoms with Gasteiger partial charge in [-0.2, -0.15) is 0 Å². The summed E-state index contributed by atoms with van der Waals surface area (Å²) in [5.74, 6) is -0.340. The van der Waals surface area contributed by atoms with Crippen LogP contribution in [0, 0.1) is 0 Å². The minimum atomic E-state index is -0.987. The SMILES string of the molecule is CCN1C(=O)C(=Cc2cc(Cl)c(OCc3ccc(C(=O)O)cc3)c(OC)c2)SC1=S. The zero-order valence-electron chi connectivity index (χ0n) is 16.2. The molecule has 156 valence electrons. The number of hydrogen-bond donors (Lipinski definition) is 1. The van der Waals surface area contributed by atoms with Crippen LogP contribution in [0.4, 0.5) is 0 Å². The smallest absolute Gasteiger partial charge is 0.335 e. The molecule has 0 saturated carbocycles. The molecule has 2 aromatic rings. The second-order valence-corrected chi connectivity index (χ2v) is 8.33. The van der Waals surface area contributed by atoms with Crippen LogP contribution < -0.4 is 9.47 Å². The molecule has 1 aliphatic heterocycles. The van der Waals surface area contributed by atoms with Crippen molar-refractivity contribution in [3.63, 3.8) is 0 Å². The molecule has 9 heteroatoms. The molecule has 1 N–H and O–H groups in total. The Morgan fingerprint density at radius 1 is 1.30 bits per heavy atom. The molecule has 6 nitrogen and oxygen atoms in total. The van der Waals surface area contributed by atoms with Crippen LogP contribution in [0.1, 0.15) is 28.4 Å². The molecule has 0 radical (unpaired) electrons. The number of carbonyl (C=O) groups excluding carboxylic acids is 1. The summed E-state index contributed by atoms with van der Waals surface area (Å²) in [5, 5.41) is 9.30. The lowest BCUT2D eigenvalue weighted by molar-refractivity contribution is -0.121.